The van der Waals surface area contributed by atoms with E-state index in [9.17, 15) is 4.79 Å². The van der Waals surface area contributed by atoms with Crippen LogP contribution >= 0.6 is 22.7 Å². The number of amides is 1. The lowest BCUT2D eigenvalue weighted by Gasteiger charge is -1.97. The minimum Gasteiger partial charge on any atom is -0.324 e. The molecule has 7 heteroatoms. The summed E-state index contributed by atoms with van der Waals surface area (Å²) in [6.07, 6.45) is 0. The fraction of sp³-hybridized carbons (Fsp3) is 0. The van der Waals surface area contributed by atoms with Gasteiger partial charge in [0.2, 0.25) is 5.95 Å². The molecule has 0 aliphatic carbocycles. The van der Waals surface area contributed by atoms with Crippen molar-refractivity contribution in [3.63, 3.8) is 0 Å². The van der Waals surface area contributed by atoms with Gasteiger partial charge in [-0.15, -0.1) is 22.7 Å². The van der Waals surface area contributed by atoms with Crippen LogP contribution in [-0.4, -0.2) is 20.9 Å². The molecule has 0 spiro atoms. The molecule has 0 aliphatic heterocycles. The molecule has 0 unspecified atom stereocenters. The van der Waals surface area contributed by atoms with Crippen LogP contribution in [0.2, 0.25) is 0 Å². The summed E-state index contributed by atoms with van der Waals surface area (Å²) < 4.78 is 0. The van der Waals surface area contributed by atoms with E-state index in [0.29, 0.717) is 11.6 Å². The lowest BCUT2D eigenvalue weighted by Crippen LogP contribution is -2.13. The van der Waals surface area contributed by atoms with Crippen LogP contribution in [0.3, 0.4) is 0 Å². The lowest BCUT2D eigenvalue weighted by atomic mass is 10.3. The van der Waals surface area contributed by atoms with E-state index in [4.69, 9.17) is 0 Å². The van der Waals surface area contributed by atoms with Gasteiger partial charge in [0, 0.05) is 5.38 Å². The number of anilines is 1. The number of carbonyl (C=O) groups excluding carboxylic acids is 1. The highest BCUT2D eigenvalue weighted by atomic mass is 32.1. The first-order chi connectivity index (χ1) is 10.8. The van der Waals surface area contributed by atoms with E-state index in [1.807, 2.05) is 41.8 Å². The SMILES string of the molecule is O=C(Nc1nc2ccccc2[nH]1)c1csc(-c2cccs2)n1. The monoisotopic (exact) mass is 326 g/mol. The first-order valence-electron chi connectivity index (χ1n) is 6.55. The number of thiazole rings is 1. The molecular weight excluding hydrogens is 316 g/mol. The Hall–Kier alpha value is -2.51. The zero-order chi connectivity index (χ0) is 14.9. The van der Waals surface area contributed by atoms with Crippen molar-refractivity contribution in [1.29, 1.82) is 0 Å². The van der Waals surface area contributed by atoms with Crippen molar-refractivity contribution in [1.82, 2.24) is 15.0 Å². The minimum atomic E-state index is -0.266. The normalized spacial score (nSPS) is 10.9. The molecule has 0 saturated heterocycles. The number of H-pyrrole nitrogens is 1. The van der Waals surface area contributed by atoms with Gasteiger partial charge in [0.05, 0.1) is 15.9 Å². The van der Waals surface area contributed by atoms with E-state index in [0.717, 1.165) is 20.9 Å². The number of para-hydroxylation sites is 2. The van der Waals surface area contributed by atoms with Crippen LogP contribution in [0, 0.1) is 0 Å². The summed E-state index contributed by atoms with van der Waals surface area (Å²) in [6.45, 7) is 0. The van der Waals surface area contributed by atoms with Crippen LogP contribution < -0.4 is 5.32 Å². The zero-order valence-electron chi connectivity index (χ0n) is 11.2. The predicted octanol–water partition coefficient (Wildman–Crippen LogP) is 4.00. The van der Waals surface area contributed by atoms with Crippen molar-refractivity contribution >= 4 is 45.6 Å². The third-order valence-electron chi connectivity index (χ3n) is 3.09. The van der Waals surface area contributed by atoms with Crippen LogP contribution in [0.1, 0.15) is 10.5 Å². The Morgan fingerprint density at radius 3 is 2.82 bits per heavy atom. The summed E-state index contributed by atoms with van der Waals surface area (Å²) >= 11 is 3.06. The van der Waals surface area contributed by atoms with Crippen molar-refractivity contribution < 1.29 is 4.79 Å². The number of nitrogens with zero attached hydrogens (tertiary/aromatic N) is 2. The van der Waals surface area contributed by atoms with Gasteiger partial charge in [0.25, 0.3) is 5.91 Å². The zero-order valence-corrected chi connectivity index (χ0v) is 12.9. The maximum Gasteiger partial charge on any atom is 0.277 e. The summed E-state index contributed by atoms with van der Waals surface area (Å²) in [6, 6.07) is 11.6. The van der Waals surface area contributed by atoms with Crippen LogP contribution in [-0.2, 0) is 0 Å². The molecule has 108 valence electrons. The summed E-state index contributed by atoms with van der Waals surface area (Å²) in [4.78, 5) is 25.1. The fourth-order valence-corrected chi connectivity index (χ4v) is 3.69. The molecule has 0 aliphatic rings. The van der Waals surface area contributed by atoms with E-state index in [1.54, 1.807) is 16.7 Å². The summed E-state index contributed by atoms with van der Waals surface area (Å²) in [5.74, 6) is 0.162. The van der Waals surface area contributed by atoms with Crippen LogP contribution in [0.4, 0.5) is 5.95 Å². The van der Waals surface area contributed by atoms with E-state index in [1.165, 1.54) is 11.3 Å². The highest BCUT2D eigenvalue weighted by Crippen LogP contribution is 2.28. The number of nitrogens with one attached hydrogen (secondary N) is 2. The molecule has 1 amide bonds. The molecule has 3 heterocycles. The van der Waals surface area contributed by atoms with Gasteiger partial charge in [0.1, 0.15) is 10.7 Å². The van der Waals surface area contributed by atoms with Gasteiger partial charge < -0.3 is 4.98 Å². The standard InChI is InChI=1S/C15H10N4OS2/c20-13(11-8-22-14(16-11)12-6-3-7-21-12)19-15-17-9-4-1-2-5-10(9)18-15/h1-8H,(H2,17,18,19,20). The summed E-state index contributed by atoms with van der Waals surface area (Å²) in [5.41, 5.74) is 2.10. The number of imidazole rings is 1. The van der Waals surface area contributed by atoms with Gasteiger partial charge in [-0.3, -0.25) is 10.1 Å². The van der Waals surface area contributed by atoms with E-state index in [-0.39, 0.29) is 5.91 Å². The highest BCUT2D eigenvalue weighted by Gasteiger charge is 2.14. The minimum absolute atomic E-state index is 0.266. The number of benzene rings is 1. The Bertz CT molecular complexity index is 906. The van der Waals surface area contributed by atoms with Crippen molar-refractivity contribution in [2.45, 2.75) is 0 Å². The molecule has 0 saturated carbocycles. The summed E-state index contributed by atoms with van der Waals surface area (Å²) in [7, 11) is 0. The maximum absolute atomic E-state index is 12.3. The average molecular weight is 326 g/mol. The van der Waals surface area contributed by atoms with Gasteiger partial charge in [-0.25, -0.2) is 9.97 Å². The first-order valence-corrected chi connectivity index (χ1v) is 8.31. The number of rotatable bonds is 3. The van der Waals surface area contributed by atoms with E-state index < -0.39 is 0 Å². The molecule has 1 aromatic carbocycles. The Morgan fingerprint density at radius 2 is 2.00 bits per heavy atom. The maximum atomic E-state index is 12.3. The molecular formula is C15H10N4OS2. The number of fused-ring (bicyclic) bond motifs is 1. The molecule has 3 aromatic heterocycles. The van der Waals surface area contributed by atoms with E-state index in [2.05, 4.69) is 20.3 Å². The third-order valence-corrected chi connectivity index (χ3v) is 4.97. The molecule has 0 atom stereocenters. The first kappa shape index (κ1) is 13.2. The van der Waals surface area contributed by atoms with E-state index >= 15 is 0 Å². The number of aromatic nitrogens is 3. The Balaban J connectivity index is 1.57. The van der Waals surface area contributed by atoms with Gasteiger partial charge >= 0.3 is 0 Å². The molecule has 4 aromatic rings. The fourth-order valence-electron chi connectivity index (χ4n) is 2.08. The number of thiophene rings is 1. The molecule has 0 radical (unpaired) electrons. The topological polar surface area (TPSA) is 70.7 Å². The molecule has 0 fully saturated rings. The van der Waals surface area contributed by atoms with Crippen LogP contribution in [0.5, 0.6) is 0 Å². The number of hydrogen-bond acceptors (Lipinski definition) is 5. The van der Waals surface area contributed by atoms with Crippen molar-refractivity contribution in [2.75, 3.05) is 5.32 Å². The second-order valence-corrected chi connectivity index (χ2v) is 6.38. The van der Waals surface area contributed by atoms with Crippen molar-refractivity contribution in [2.24, 2.45) is 0 Å². The predicted molar refractivity (Wildman–Crippen MR) is 89.5 cm³/mol. The number of aromatic amines is 1. The van der Waals surface area contributed by atoms with Gasteiger partial charge in [-0.05, 0) is 23.6 Å². The number of carbonyl (C=O) groups is 1. The van der Waals surface area contributed by atoms with Crippen LogP contribution in [0.25, 0.3) is 20.9 Å². The lowest BCUT2D eigenvalue weighted by molar-refractivity contribution is 0.102. The van der Waals surface area contributed by atoms with Crippen molar-refractivity contribution in [3.05, 3.63) is 52.9 Å². The molecule has 0 bridgehead atoms. The molecule has 5 nitrogen and oxygen atoms in total. The van der Waals surface area contributed by atoms with Gasteiger partial charge in [-0.2, -0.15) is 0 Å². The van der Waals surface area contributed by atoms with Crippen LogP contribution in [0.15, 0.2) is 47.2 Å². The van der Waals surface area contributed by atoms with Gasteiger partial charge in [0.15, 0.2) is 0 Å². The smallest absolute Gasteiger partial charge is 0.277 e. The highest BCUT2D eigenvalue weighted by molar-refractivity contribution is 7.20. The summed E-state index contributed by atoms with van der Waals surface area (Å²) in [5, 5.41) is 7.35. The van der Waals surface area contributed by atoms with Gasteiger partial charge in [-0.1, -0.05) is 18.2 Å². The molecule has 22 heavy (non-hydrogen) atoms. The third kappa shape index (κ3) is 2.40. The van der Waals surface area contributed by atoms with Crippen molar-refractivity contribution in [3.8, 4) is 9.88 Å². The second kappa shape index (κ2) is 5.36. The Labute approximate surface area is 133 Å². The molecule has 4 rings (SSSR count). The largest absolute Gasteiger partial charge is 0.324 e. The number of hydrogen-bond donors (Lipinski definition) is 2. The Morgan fingerprint density at radius 1 is 1.09 bits per heavy atom. The Kier molecular flexibility index (Phi) is 3.21. The second-order valence-electron chi connectivity index (χ2n) is 4.57. The average Bonchev–Trinajstić information content (AvgIpc) is 3.26. The quantitative estimate of drug-likeness (QED) is 0.598. The molecule has 2 N–H and O–H groups in total.